The molecule has 1 saturated heterocycles. The van der Waals surface area contributed by atoms with Gasteiger partial charge in [-0.3, -0.25) is 9.78 Å². The second-order valence-electron chi connectivity index (χ2n) is 6.69. The number of carbonyl (C=O) groups is 1. The zero-order chi connectivity index (χ0) is 19.1. The summed E-state index contributed by atoms with van der Waals surface area (Å²) in [7, 11) is 0. The largest absolute Gasteiger partial charge is 0.466 e. The van der Waals surface area contributed by atoms with Crippen LogP contribution < -0.4 is 5.32 Å². The maximum atomic E-state index is 12.1. The number of hydrogen-bond acceptors (Lipinski definition) is 4. The van der Waals surface area contributed by atoms with Crippen molar-refractivity contribution in [1.29, 1.82) is 0 Å². The molecule has 6 nitrogen and oxygen atoms in total. The fourth-order valence-corrected chi connectivity index (χ4v) is 3.50. The minimum Gasteiger partial charge on any atom is -0.466 e. The lowest BCUT2D eigenvalue weighted by Gasteiger charge is -2.34. The zero-order valence-corrected chi connectivity index (χ0v) is 18.9. The van der Waals surface area contributed by atoms with Gasteiger partial charge in [0, 0.05) is 31.2 Å². The van der Waals surface area contributed by atoms with Crippen LogP contribution in [0.25, 0.3) is 10.9 Å². The number of esters is 1. The van der Waals surface area contributed by atoms with Gasteiger partial charge in [0.1, 0.15) is 0 Å². The highest BCUT2D eigenvalue weighted by Gasteiger charge is 2.28. The molecule has 152 valence electrons. The van der Waals surface area contributed by atoms with Crippen molar-refractivity contribution in [3.8, 4) is 0 Å². The van der Waals surface area contributed by atoms with E-state index in [0.29, 0.717) is 19.7 Å². The third kappa shape index (κ3) is 5.56. The van der Waals surface area contributed by atoms with Crippen LogP contribution in [0.2, 0.25) is 0 Å². The minimum atomic E-state index is -0.0989. The first kappa shape index (κ1) is 22.4. The molecule has 1 aromatic heterocycles. The third-order valence-electron chi connectivity index (χ3n) is 4.81. The molecule has 1 aliphatic rings. The molecule has 3 rings (SSSR count). The predicted octanol–water partition coefficient (Wildman–Crippen LogP) is 3.59. The highest BCUT2D eigenvalue weighted by Crippen LogP contribution is 2.20. The lowest BCUT2D eigenvalue weighted by molar-refractivity contribution is -0.149. The summed E-state index contributed by atoms with van der Waals surface area (Å²) in [5.74, 6) is 0.676. The molecule has 1 aliphatic heterocycles. The smallest absolute Gasteiger partial charge is 0.310 e. The molecule has 1 atom stereocenters. The molecule has 0 amide bonds. The zero-order valence-electron chi connectivity index (χ0n) is 16.6. The van der Waals surface area contributed by atoms with E-state index in [0.717, 1.165) is 48.4 Å². The summed E-state index contributed by atoms with van der Waals surface area (Å²) in [6.45, 7) is 7.26. The quantitative estimate of drug-likeness (QED) is 0.297. The van der Waals surface area contributed by atoms with Gasteiger partial charge >= 0.3 is 5.97 Å². The van der Waals surface area contributed by atoms with E-state index in [1.807, 2.05) is 37.4 Å². The van der Waals surface area contributed by atoms with E-state index in [-0.39, 0.29) is 35.9 Å². The van der Waals surface area contributed by atoms with Gasteiger partial charge in [-0.15, -0.1) is 24.0 Å². The fraction of sp³-hybridized carbons (Fsp3) is 0.476. The number of benzene rings is 1. The van der Waals surface area contributed by atoms with E-state index in [1.165, 1.54) is 0 Å². The summed E-state index contributed by atoms with van der Waals surface area (Å²) in [5.41, 5.74) is 2.13. The molecule has 1 aromatic carbocycles. The summed E-state index contributed by atoms with van der Waals surface area (Å²) < 4.78 is 5.21. The van der Waals surface area contributed by atoms with Gasteiger partial charge in [0.05, 0.1) is 24.6 Å². The number of piperidine rings is 1. The Morgan fingerprint density at radius 2 is 2.14 bits per heavy atom. The van der Waals surface area contributed by atoms with E-state index in [2.05, 4.69) is 28.2 Å². The van der Waals surface area contributed by atoms with E-state index in [9.17, 15) is 4.79 Å². The van der Waals surface area contributed by atoms with Gasteiger partial charge in [-0.25, -0.2) is 4.99 Å². The second-order valence-corrected chi connectivity index (χ2v) is 6.69. The van der Waals surface area contributed by atoms with Crippen molar-refractivity contribution in [2.24, 2.45) is 10.9 Å². The molecular weight excluding hydrogens is 467 g/mol. The Morgan fingerprint density at radius 3 is 2.93 bits per heavy atom. The highest BCUT2D eigenvalue weighted by atomic mass is 127. The van der Waals surface area contributed by atoms with Crippen LogP contribution in [0, 0.1) is 5.92 Å². The van der Waals surface area contributed by atoms with Crippen molar-refractivity contribution >= 4 is 46.8 Å². The average molecular weight is 496 g/mol. The SMILES string of the molecule is CCNC(=NCc1ccnc2ccccc12)N1CCC[C@@H](C(=O)OCC)C1.I. The lowest BCUT2D eigenvalue weighted by atomic mass is 9.98. The van der Waals surface area contributed by atoms with E-state index in [1.54, 1.807) is 0 Å². The number of halogens is 1. The van der Waals surface area contributed by atoms with Crippen LogP contribution in [0.1, 0.15) is 32.3 Å². The van der Waals surface area contributed by atoms with Gasteiger partial charge in [0.15, 0.2) is 5.96 Å². The number of nitrogens with zero attached hydrogens (tertiary/aromatic N) is 3. The van der Waals surface area contributed by atoms with Crippen molar-refractivity contribution in [3.05, 3.63) is 42.1 Å². The number of fused-ring (bicyclic) bond motifs is 1. The number of nitrogens with one attached hydrogen (secondary N) is 1. The van der Waals surface area contributed by atoms with Crippen LogP contribution in [0.4, 0.5) is 0 Å². The minimum absolute atomic E-state index is 0. The first-order valence-corrected chi connectivity index (χ1v) is 9.75. The van der Waals surface area contributed by atoms with Crippen LogP contribution >= 0.6 is 24.0 Å². The molecule has 0 aliphatic carbocycles. The summed E-state index contributed by atoms with van der Waals surface area (Å²) >= 11 is 0. The number of carbonyl (C=O) groups excluding carboxylic acids is 1. The molecule has 0 radical (unpaired) electrons. The topological polar surface area (TPSA) is 66.8 Å². The maximum absolute atomic E-state index is 12.1. The third-order valence-corrected chi connectivity index (χ3v) is 4.81. The van der Waals surface area contributed by atoms with E-state index >= 15 is 0 Å². The normalized spacial score (nSPS) is 17.1. The Balaban J connectivity index is 0.00000280. The maximum Gasteiger partial charge on any atom is 0.310 e. The Kier molecular flexibility index (Phi) is 8.95. The predicted molar refractivity (Wildman–Crippen MR) is 123 cm³/mol. The van der Waals surface area contributed by atoms with Crippen molar-refractivity contribution in [2.45, 2.75) is 33.2 Å². The molecule has 1 N–H and O–H groups in total. The molecule has 0 spiro atoms. The number of para-hydroxylation sites is 1. The number of rotatable bonds is 5. The number of guanidine groups is 1. The van der Waals surface area contributed by atoms with Crippen LogP contribution in [0.3, 0.4) is 0 Å². The van der Waals surface area contributed by atoms with Gasteiger partial charge in [-0.05, 0) is 44.4 Å². The number of aliphatic imine (C=N–C) groups is 1. The highest BCUT2D eigenvalue weighted by molar-refractivity contribution is 14.0. The second kappa shape index (κ2) is 11.2. The fourth-order valence-electron chi connectivity index (χ4n) is 3.50. The number of hydrogen-bond donors (Lipinski definition) is 1. The molecule has 2 aromatic rings. The standard InChI is InChI=1S/C21H28N4O2.HI/c1-3-22-21(25-13-7-8-17(15-25)20(26)27-4-2)24-14-16-11-12-23-19-10-6-5-9-18(16)19;/h5-6,9-12,17H,3-4,7-8,13-15H2,1-2H3,(H,22,24);1H/t17-;/m1./s1. The Hall–Kier alpha value is -1.90. The van der Waals surface area contributed by atoms with Gasteiger partial charge in [-0.2, -0.15) is 0 Å². The number of likely N-dealkylation sites (tertiary alicyclic amines) is 1. The molecular formula is C21H29IN4O2. The molecule has 0 unspecified atom stereocenters. The summed E-state index contributed by atoms with van der Waals surface area (Å²) in [5, 5.41) is 4.50. The van der Waals surface area contributed by atoms with Gasteiger partial charge < -0.3 is 15.0 Å². The molecule has 7 heteroatoms. The summed E-state index contributed by atoms with van der Waals surface area (Å²) in [6, 6.07) is 10.1. The molecule has 2 heterocycles. The number of pyridine rings is 1. The number of aromatic nitrogens is 1. The van der Waals surface area contributed by atoms with Crippen molar-refractivity contribution in [2.75, 3.05) is 26.2 Å². The van der Waals surface area contributed by atoms with Crippen LogP contribution in [0.15, 0.2) is 41.5 Å². The van der Waals surface area contributed by atoms with Crippen LogP contribution in [-0.4, -0.2) is 48.1 Å². The van der Waals surface area contributed by atoms with Gasteiger partial charge in [0.25, 0.3) is 0 Å². The summed E-state index contributed by atoms with van der Waals surface area (Å²) in [4.78, 5) is 23.6. The Bertz CT molecular complexity index is 807. The number of ether oxygens (including phenoxy) is 1. The van der Waals surface area contributed by atoms with Crippen molar-refractivity contribution < 1.29 is 9.53 Å². The molecule has 0 bridgehead atoms. The van der Waals surface area contributed by atoms with Gasteiger partial charge in [-0.1, -0.05) is 18.2 Å². The van der Waals surface area contributed by atoms with E-state index < -0.39 is 0 Å². The monoisotopic (exact) mass is 496 g/mol. The van der Waals surface area contributed by atoms with Gasteiger partial charge in [0.2, 0.25) is 0 Å². The first-order chi connectivity index (χ1) is 13.2. The van der Waals surface area contributed by atoms with Crippen molar-refractivity contribution in [1.82, 2.24) is 15.2 Å². The lowest BCUT2D eigenvalue weighted by Crippen LogP contribution is -2.48. The Labute approximate surface area is 183 Å². The molecule has 0 saturated carbocycles. The van der Waals surface area contributed by atoms with Crippen LogP contribution in [0.5, 0.6) is 0 Å². The van der Waals surface area contributed by atoms with E-state index in [4.69, 9.17) is 9.73 Å². The van der Waals surface area contributed by atoms with Crippen molar-refractivity contribution in [3.63, 3.8) is 0 Å². The molecule has 28 heavy (non-hydrogen) atoms. The molecule has 1 fully saturated rings. The van der Waals surface area contributed by atoms with Crippen LogP contribution in [-0.2, 0) is 16.1 Å². The Morgan fingerprint density at radius 1 is 1.32 bits per heavy atom. The first-order valence-electron chi connectivity index (χ1n) is 9.75. The average Bonchev–Trinajstić information content (AvgIpc) is 2.71. The summed E-state index contributed by atoms with van der Waals surface area (Å²) in [6.07, 6.45) is 3.67.